The van der Waals surface area contributed by atoms with Crippen molar-refractivity contribution in [3.05, 3.63) is 0 Å². The van der Waals surface area contributed by atoms with Crippen LogP contribution in [0.15, 0.2) is 0 Å². The van der Waals surface area contributed by atoms with Gasteiger partial charge in [0.2, 0.25) is 0 Å². The highest BCUT2D eigenvalue weighted by Gasteiger charge is 2.20. The molecule has 0 amide bonds. The summed E-state index contributed by atoms with van der Waals surface area (Å²) >= 11 is 0. The first kappa shape index (κ1) is 14.0. The lowest BCUT2D eigenvalue weighted by Gasteiger charge is -2.26. The molecule has 1 N–H and O–H groups in total. The summed E-state index contributed by atoms with van der Waals surface area (Å²) in [5.41, 5.74) is 0. The van der Waals surface area contributed by atoms with Crippen molar-refractivity contribution in [1.82, 2.24) is 10.2 Å². The smallest absolute Gasteiger partial charge is 0.0107 e. The Morgan fingerprint density at radius 1 is 1.06 bits per heavy atom. The van der Waals surface area contributed by atoms with Crippen molar-refractivity contribution in [2.24, 2.45) is 17.8 Å². The van der Waals surface area contributed by atoms with Crippen molar-refractivity contribution in [3.8, 4) is 0 Å². The van der Waals surface area contributed by atoms with Crippen LogP contribution in [-0.4, -0.2) is 37.6 Å². The van der Waals surface area contributed by atoms with Gasteiger partial charge >= 0.3 is 0 Å². The van der Waals surface area contributed by atoms with Crippen molar-refractivity contribution in [1.29, 1.82) is 0 Å². The second-order valence-corrected chi connectivity index (χ2v) is 6.19. The molecule has 0 saturated heterocycles. The Morgan fingerprint density at radius 3 is 2.06 bits per heavy atom. The second kappa shape index (κ2) is 7.29. The first-order chi connectivity index (χ1) is 7.58. The van der Waals surface area contributed by atoms with E-state index in [4.69, 9.17) is 0 Å². The topological polar surface area (TPSA) is 15.3 Å². The molecule has 0 bridgehead atoms. The normalized spacial score (nSPS) is 16.7. The summed E-state index contributed by atoms with van der Waals surface area (Å²) in [4.78, 5) is 2.61. The Kier molecular flexibility index (Phi) is 6.37. The molecule has 16 heavy (non-hydrogen) atoms. The Hall–Kier alpha value is -0.0800. The third kappa shape index (κ3) is 7.24. The van der Waals surface area contributed by atoms with Gasteiger partial charge < -0.3 is 10.2 Å². The van der Waals surface area contributed by atoms with Gasteiger partial charge in [0.1, 0.15) is 0 Å². The van der Waals surface area contributed by atoms with E-state index < -0.39 is 0 Å². The molecule has 0 radical (unpaired) electrons. The molecule has 1 aliphatic carbocycles. The fraction of sp³-hybridized carbons (Fsp3) is 1.00. The number of rotatable bonds is 9. The lowest BCUT2D eigenvalue weighted by molar-refractivity contribution is 0.219. The van der Waals surface area contributed by atoms with Crippen LogP contribution in [0.3, 0.4) is 0 Å². The van der Waals surface area contributed by atoms with E-state index >= 15 is 0 Å². The molecule has 96 valence electrons. The largest absolute Gasteiger partial charge is 0.315 e. The lowest BCUT2D eigenvalue weighted by atomic mass is 10.1. The summed E-state index contributed by atoms with van der Waals surface area (Å²) in [7, 11) is 0. The van der Waals surface area contributed by atoms with Gasteiger partial charge in [-0.05, 0) is 37.1 Å². The SMILES string of the molecule is CC(C)CN(CCNCC1CC1)CC(C)C. The molecule has 0 unspecified atom stereocenters. The van der Waals surface area contributed by atoms with Crippen LogP contribution < -0.4 is 5.32 Å². The van der Waals surface area contributed by atoms with Gasteiger partial charge in [0.15, 0.2) is 0 Å². The predicted octanol–water partition coefficient (Wildman–Crippen LogP) is 2.60. The number of nitrogens with one attached hydrogen (secondary N) is 1. The van der Waals surface area contributed by atoms with Crippen LogP contribution >= 0.6 is 0 Å². The summed E-state index contributed by atoms with van der Waals surface area (Å²) in [6.07, 6.45) is 2.91. The molecule has 1 aliphatic rings. The third-order valence-electron chi connectivity index (χ3n) is 2.98. The highest BCUT2D eigenvalue weighted by molar-refractivity contribution is 4.75. The average Bonchev–Trinajstić information content (AvgIpc) is 2.93. The van der Waals surface area contributed by atoms with E-state index in [1.807, 2.05) is 0 Å². The quantitative estimate of drug-likeness (QED) is 0.608. The Balaban J connectivity index is 2.08. The van der Waals surface area contributed by atoms with E-state index in [0.29, 0.717) is 0 Å². The van der Waals surface area contributed by atoms with Crippen molar-refractivity contribution < 1.29 is 0 Å². The van der Waals surface area contributed by atoms with E-state index in [9.17, 15) is 0 Å². The highest BCUT2D eigenvalue weighted by atomic mass is 15.1. The van der Waals surface area contributed by atoms with E-state index in [-0.39, 0.29) is 0 Å². The summed E-state index contributed by atoms with van der Waals surface area (Å²) in [6.45, 7) is 15.3. The van der Waals surface area contributed by atoms with Gasteiger partial charge in [-0.1, -0.05) is 27.7 Å². The van der Waals surface area contributed by atoms with Gasteiger partial charge in [-0.3, -0.25) is 0 Å². The maximum absolute atomic E-state index is 3.58. The molecule has 0 aliphatic heterocycles. The standard InChI is InChI=1S/C14H30N2/c1-12(2)10-16(11-13(3)4)8-7-15-9-14-5-6-14/h12-15H,5-11H2,1-4H3. The molecule has 0 aromatic carbocycles. The van der Waals surface area contributed by atoms with Crippen LogP contribution in [0.5, 0.6) is 0 Å². The van der Waals surface area contributed by atoms with Gasteiger partial charge in [-0.15, -0.1) is 0 Å². The second-order valence-electron chi connectivity index (χ2n) is 6.19. The molecule has 0 atom stereocenters. The fourth-order valence-corrected chi connectivity index (χ4v) is 2.16. The molecule has 1 rings (SSSR count). The fourth-order valence-electron chi connectivity index (χ4n) is 2.16. The van der Waals surface area contributed by atoms with Gasteiger partial charge in [0.25, 0.3) is 0 Å². The summed E-state index contributed by atoms with van der Waals surface area (Å²) in [5, 5.41) is 3.58. The highest BCUT2D eigenvalue weighted by Crippen LogP contribution is 2.27. The molecule has 0 spiro atoms. The summed E-state index contributed by atoms with van der Waals surface area (Å²) in [5.74, 6) is 2.56. The third-order valence-corrected chi connectivity index (χ3v) is 2.98. The van der Waals surface area contributed by atoms with Crippen LogP contribution in [-0.2, 0) is 0 Å². The van der Waals surface area contributed by atoms with Crippen LogP contribution in [0.25, 0.3) is 0 Å². The predicted molar refractivity (Wildman–Crippen MR) is 71.7 cm³/mol. The van der Waals surface area contributed by atoms with E-state index in [0.717, 1.165) is 24.3 Å². The van der Waals surface area contributed by atoms with Crippen LogP contribution in [0, 0.1) is 17.8 Å². The molecule has 0 aromatic heterocycles. The zero-order valence-electron chi connectivity index (χ0n) is 11.6. The average molecular weight is 226 g/mol. The molecule has 0 aromatic rings. The molecule has 0 heterocycles. The van der Waals surface area contributed by atoms with Crippen molar-refractivity contribution in [2.45, 2.75) is 40.5 Å². The first-order valence-corrected chi connectivity index (χ1v) is 7.01. The van der Waals surface area contributed by atoms with Crippen molar-refractivity contribution >= 4 is 0 Å². The monoisotopic (exact) mass is 226 g/mol. The van der Waals surface area contributed by atoms with Crippen LogP contribution in [0.2, 0.25) is 0 Å². The zero-order chi connectivity index (χ0) is 12.0. The van der Waals surface area contributed by atoms with Crippen LogP contribution in [0.4, 0.5) is 0 Å². The van der Waals surface area contributed by atoms with Crippen molar-refractivity contribution in [3.63, 3.8) is 0 Å². The van der Waals surface area contributed by atoms with Crippen molar-refractivity contribution in [2.75, 3.05) is 32.7 Å². The summed E-state index contributed by atoms with van der Waals surface area (Å²) < 4.78 is 0. The Morgan fingerprint density at radius 2 is 1.62 bits per heavy atom. The van der Waals surface area contributed by atoms with Gasteiger partial charge in [0, 0.05) is 26.2 Å². The van der Waals surface area contributed by atoms with Gasteiger partial charge in [-0.2, -0.15) is 0 Å². The number of hydrogen-bond donors (Lipinski definition) is 1. The molecular formula is C14H30N2. The van der Waals surface area contributed by atoms with Gasteiger partial charge in [-0.25, -0.2) is 0 Å². The van der Waals surface area contributed by atoms with Gasteiger partial charge in [0.05, 0.1) is 0 Å². The lowest BCUT2D eigenvalue weighted by Crippen LogP contribution is -2.37. The molecule has 2 nitrogen and oxygen atoms in total. The van der Waals surface area contributed by atoms with E-state index in [1.165, 1.54) is 39.0 Å². The minimum Gasteiger partial charge on any atom is -0.315 e. The summed E-state index contributed by atoms with van der Waals surface area (Å²) in [6, 6.07) is 0. The van der Waals surface area contributed by atoms with E-state index in [2.05, 4.69) is 37.9 Å². The molecule has 1 saturated carbocycles. The maximum Gasteiger partial charge on any atom is 0.0107 e. The molecule has 1 fully saturated rings. The van der Waals surface area contributed by atoms with E-state index in [1.54, 1.807) is 0 Å². The van der Waals surface area contributed by atoms with Crippen LogP contribution in [0.1, 0.15) is 40.5 Å². The number of nitrogens with zero attached hydrogens (tertiary/aromatic N) is 1. The molecule has 2 heteroatoms. The number of hydrogen-bond acceptors (Lipinski definition) is 2. The maximum atomic E-state index is 3.58. The minimum absolute atomic E-state index is 0.780. The Bertz CT molecular complexity index is 164. The Labute approximate surface area is 102 Å². The minimum atomic E-state index is 0.780. The zero-order valence-corrected chi connectivity index (χ0v) is 11.6. The molecular weight excluding hydrogens is 196 g/mol. The first-order valence-electron chi connectivity index (χ1n) is 7.01.